The van der Waals surface area contributed by atoms with Crippen molar-refractivity contribution in [3.05, 3.63) is 65.3 Å². The summed E-state index contributed by atoms with van der Waals surface area (Å²) < 4.78 is 1.68. The molecular weight excluding hydrogens is 392 g/mol. The Bertz CT molecular complexity index is 1220. The highest BCUT2D eigenvalue weighted by Gasteiger charge is 2.26. The third-order valence-electron chi connectivity index (χ3n) is 5.88. The van der Waals surface area contributed by atoms with E-state index < -0.39 is 0 Å². The van der Waals surface area contributed by atoms with E-state index in [0.29, 0.717) is 29.5 Å². The second-order valence-electron chi connectivity index (χ2n) is 8.21. The first-order valence-corrected chi connectivity index (χ1v) is 10.5. The van der Waals surface area contributed by atoms with Gasteiger partial charge < -0.3 is 16.0 Å². The normalized spacial score (nSPS) is 17.5. The number of ketones is 1. The second-order valence-corrected chi connectivity index (χ2v) is 8.21. The Labute approximate surface area is 179 Å². The fraction of sp³-hybridized carbons (Fsp3) is 0.304. The molecule has 3 N–H and O–H groups in total. The third-order valence-corrected chi connectivity index (χ3v) is 5.88. The smallest absolute Gasteiger partial charge is 0.251 e. The van der Waals surface area contributed by atoms with Gasteiger partial charge in [-0.25, -0.2) is 9.50 Å². The minimum absolute atomic E-state index is 0.0603. The third kappa shape index (κ3) is 3.65. The van der Waals surface area contributed by atoms with Crippen LogP contribution < -0.4 is 16.0 Å². The van der Waals surface area contributed by atoms with Crippen LogP contribution in [0.3, 0.4) is 0 Å². The molecule has 8 heteroatoms. The minimum atomic E-state index is -0.176. The molecule has 1 atom stereocenters. The number of fused-ring (bicyclic) bond motifs is 1. The molecule has 31 heavy (non-hydrogen) atoms. The van der Waals surface area contributed by atoms with E-state index in [2.05, 4.69) is 26.0 Å². The molecular formula is C23H24N6O2. The summed E-state index contributed by atoms with van der Waals surface area (Å²) in [7, 11) is 0. The van der Waals surface area contributed by atoms with Gasteiger partial charge in [0.2, 0.25) is 0 Å². The summed E-state index contributed by atoms with van der Waals surface area (Å²) in [5.41, 5.74) is 4.59. The van der Waals surface area contributed by atoms with Gasteiger partial charge in [-0.3, -0.25) is 9.59 Å². The van der Waals surface area contributed by atoms with Gasteiger partial charge in [0.1, 0.15) is 11.8 Å². The largest absolute Gasteiger partial charge is 0.390 e. The Morgan fingerprint density at radius 2 is 2.06 bits per heavy atom. The lowest BCUT2D eigenvalue weighted by atomic mass is 9.98. The number of nitrogens with one attached hydrogen (secondary N) is 3. The van der Waals surface area contributed by atoms with Crippen molar-refractivity contribution in [3.63, 3.8) is 0 Å². The summed E-state index contributed by atoms with van der Waals surface area (Å²) in [6, 6.07) is 5.89. The predicted molar refractivity (Wildman–Crippen MR) is 118 cm³/mol. The first-order chi connectivity index (χ1) is 15.0. The molecule has 1 unspecified atom stereocenters. The molecule has 158 valence electrons. The Hall–Kier alpha value is -3.68. The maximum absolute atomic E-state index is 13.0. The lowest BCUT2D eigenvalue weighted by Gasteiger charge is -2.12. The number of nitrogens with zero attached hydrogens (tertiary/aromatic N) is 3. The molecule has 1 aliphatic heterocycles. The van der Waals surface area contributed by atoms with E-state index in [0.717, 1.165) is 35.2 Å². The molecule has 1 aliphatic carbocycles. The lowest BCUT2D eigenvalue weighted by Crippen LogP contribution is -2.25. The minimum Gasteiger partial charge on any atom is -0.390 e. The number of amides is 1. The van der Waals surface area contributed by atoms with E-state index >= 15 is 0 Å². The maximum Gasteiger partial charge on any atom is 0.251 e. The summed E-state index contributed by atoms with van der Waals surface area (Å²) >= 11 is 0. The first kappa shape index (κ1) is 19.3. The summed E-state index contributed by atoms with van der Waals surface area (Å²) in [5.74, 6) is 0.410. The standard InChI is InChI=1S/C23H24N6O2/c1-13-3-4-15(23(31)27-17-5-6-17)9-19(13)28-22-20-14(2)18(11-29(20)26-12-25-22)21(30)16-7-8-24-10-16/h3-4,7-9,11-12,16-17,24H,5-6,10H2,1-2H3,(H,27,31)(H,25,26,28). The van der Waals surface area contributed by atoms with Crippen molar-refractivity contribution in [1.82, 2.24) is 25.2 Å². The molecule has 5 rings (SSSR count). The van der Waals surface area contributed by atoms with Gasteiger partial charge in [0.25, 0.3) is 5.91 Å². The topological polar surface area (TPSA) is 100 Å². The molecule has 1 fully saturated rings. The van der Waals surface area contributed by atoms with Crippen molar-refractivity contribution < 1.29 is 9.59 Å². The number of hydrogen-bond donors (Lipinski definition) is 3. The quantitative estimate of drug-likeness (QED) is 0.534. The van der Waals surface area contributed by atoms with Gasteiger partial charge in [-0.05, 0) is 56.1 Å². The predicted octanol–water partition coefficient (Wildman–Crippen LogP) is 2.90. The van der Waals surface area contributed by atoms with E-state index in [9.17, 15) is 9.59 Å². The van der Waals surface area contributed by atoms with Crippen molar-refractivity contribution >= 4 is 28.7 Å². The van der Waals surface area contributed by atoms with Crippen molar-refractivity contribution in [2.45, 2.75) is 32.7 Å². The summed E-state index contributed by atoms with van der Waals surface area (Å²) in [6.07, 6.45) is 9.01. The summed E-state index contributed by atoms with van der Waals surface area (Å²) in [6.45, 7) is 4.49. The van der Waals surface area contributed by atoms with Crippen LogP contribution in [0.5, 0.6) is 0 Å². The highest BCUT2D eigenvalue weighted by atomic mass is 16.1. The van der Waals surface area contributed by atoms with E-state index in [1.54, 1.807) is 10.7 Å². The maximum atomic E-state index is 13.0. The highest BCUT2D eigenvalue weighted by molar-refractivity contribution is 6.03. The molecule has 0 radical (unpaired) electrons. The molecule has 3 heterocycles. The zero-order valence-corrected chi connectivity index (χ0v) is 17.5. The SMILES string of the molecule is Cc1ccc(C(=O)NC2CC2)cc1Nc1ncnn2cc(C(=O)C3C=CNC3)c(C)c12. The summed E-state index contributed by atoms with van der Waals surface area (Å²) in [5, 5.41) is 13.7. The molecule has 2 aliphatic rings. The molecule has 0 spiro atoms. The van der Waals surface area contributed by atoms with Gasteiger partial charge in [0.15, 0.2) is 11.6 Å². The van der Waals surface area contributed by atoms with Crippen molar-refractivity contribution in [1.29, 1.82) is 0 Å². The molecule has 1 amide bonds. The number of carbonyl (C=O) groups is 2. The van der Waals surface area contributed by atoms with Crippen LogP contribution in [0.15, 0.2) is 43.0 Å². The number of carbonyl (C=O) groups excluding carboxylic acids is 2. The fourth-order valence-electron chi connectivity index (χ4n) is 3.85. The zero-order chi connectivity index (χ0) is 21.5. The Morgan fingerprint density at radius 3 is 2.81 bits per heavy atom. The number of anilines is 2. The average molecular weight is 416 g/mol. The van der Waals surface area contributed by atoms with Gasteiger partial charge in [-0.1, -0.05) is 12.1 Å². The van der Waals surface area contributed by atoms with Crippen LogP contribution in [-0.4, -0.2) is 38.9 Å². The van der Waals surface area contributed by atoms with Crippen LogP contribution >= 0.6 is 0 Å². The highest BCUT2D eigenvalue weighted by Crippen LogP contribution is 2.29. The van der Waals surface area contributed by atoms with Crippen LogP contribution in [-0.2, 0) is 0 Å². The van der Waals surface area contributed by atoms with Crippen LogP contribution in [0.25, 0.3) is 5.52 Å². The Morgan fingerprint density at radius 1 is 1.23 bits per heavy atom. The van der Waals surface area contributed by atoms with Gasteiger partial charge >= 0.3 is 0 Å². The molecule has 8 nitrogen and oxygen atoms in total. The molecule has 1 aromatic carbocycles. The Kier molecular flexibility index (Phi) is 4.69. The number of hydrogen-bond acceptors (Lipinski definition) is 6. The van der Waals surface area contributed by atoms with Crippen molar-refractivity contribution in [3.8, 4) is 0 Å². The van der Waals surface area contributed by atoms with E-state index in [4.69, 9.17) is 0 Å². The number of Topliss-reactive ketones (excluding diaryl/α,β-unsaturated/α-hetero) is 1. The van der Waals surface area contributed by atoms with Crippen LogP contribution in [0.1, 0.15) is 44.7 Å². The fourth-order valence-corrected chi connectivity index (χ4v) is 3.85. The molecule has 2 aromatic heterocycles. The van der Waals surface area contributed by atoms with Crippen LogP contribution in [0, 0.1) is 19.8 Å². The monoisotopic (exact) mass is 416 g/mol. The van der Waals surface area contributed by atoms with Crippen LogP contribution in [0.4, 0.5) is 11.5 Å². The molecule has 0 saturated heterocycles. The van der Waals surface area contributed by atoms with Gasteiger partial charge in [0, 0.05) is 35.6 Å². The lowest BCUT2D eigenvalue weighted by molar-refractivity contribution is 0.0942. The van der Waals surface area contributed by atoms with Gasteiger partial charge in [0.05, 0.1) is 5.92 Å². The number of aromatic nitrogens is 3. The zero-order valence-electron chi connectivity index (χ0n) is 17.5. The number of aryl methyl sites for hydroxylation is 2. The molecule has 1 saturated carbocycles. The van der Waals surface area contributed by atoms with E-state index in [-0.39, 0.29) is 17.6 Å². The van der Waals surface area contributed by atoms with E-state index in [1.807, 2.05) is 44.3 Å². The average Bonchev–Trinajstić information content (AvgIpc) is 3.27. The summed E-state index contributed by atoms with van der Waals surface area (Å²) in [4.78, 5) is 29.8. The number of rotatable bonds is 6. The van der Waals surface area contributed by atoms with Crippen molar-refractivity contribution in [2.24, 2.45) is 5.92 Å². The molecule has 3 aromatic rings. The first-order valence-electron chi connectivity index (χ1n) is 10.5. The van der Waals surface area contributed by atoms with Gasteiger partial charge in [-0.2, -0.15) is 5.10 Å². The van der Waals surface area contributed by atoms with Gasteiger partial charge in [-0.15, -0.1) is 0 Å². The second kappa shape index (κ2) is 7.54. The van der Waals surface area contributed by atoms with Crippen molar-refractivity contribution in [2.75, 3.05) is 11.9 Å². The van der Waals surface area contributed by atoms with E-state index in [1.165, 1.54) is 6.33 Å². The van der Waals surface area contributed by atoms with Crippen LogP contribution in [0.2, 0.25) is 0 Å². The molecule has 0 bridgehead atoms. The number of benzene rings is 1. The Balaban J connectivity index is 1.48.